The number of hydrogen-bond donors (Lipinski definition) is 1. The highest BCUT2D eigenvalue weighted by molar-refractivity contribution is 7.91. The van der Waals surface area contributed by atoms with Crippen molar-refractivity contribution in [3.8, 4) is 0 Å². The van der Waals surface area contributed by atoms with Crippen LogP contribution in [0.1, 0.15) is 31.2 Å². The van der Waals surface area contributed by atoms with Crippen LogP contribution in [0.15, 0.2) is 23.1 Å². The van der Waals surface area contributed by atoms with E-state index in [1.165, 1.54) is 6.07 Å². The minimum absolute atomic E-state index is 0.0681. The molecule has 0 unspecified atom stereocenters. The fourth-order valence-corrected chi connectivity index (χ4v) is 5.50. The fourth-order valence-electron chi connectivity index (χ4n) is 3.36. The van der Waals surface area contributed by atoms with E-state index in [1.807, 2.05) is 0 Å². The van der Waals surface area contributed by atoms with E-state index in [4.69, 9.17) is 0 Å². The molecule has 1 saturated carbocycles. The van der Waals surface area contributed by atoms with Gasteiger partial charge in [0.25, 0.3) is 0 Å². The van der Waals surface area contributed by atoms with E-state index >= 15 is 0 Å². The van der Waals surface area contributed by atoms with Crippen LogP contribution in [0.5, 0.6) is 0 Å². The largest absolute Gasteiger partial charge is 0.416 e. The molecule has 0 aromatic heterocycles. The van der Waals surface area contributed by atoms with Gasteiger partial charge in [-0.2, -0.15) is 13.2 Å². The molecule has 0 amide bonds. The maximum Gasteiger partial charge on any atom is 0.416 e. The molecule has 3 rings (SSSR count). The van der Waals surface area contributed by atoms with Crippen molar-refractivity contribution in [3.63, 3.8) is 0 Å². The first-order valence-electron chi connectivity index (χ1n) is 6.90. The molecule has 0 bridgehead atoms. The van der Waals surface area contributed by atoms with Crippen LogP contribution in [0.4, 0.5) is 18.9 Å². The summed E-state index contributed by atoms with van der Waals surface area (Å²) >= 11 is 0. The third kappa shape index (κ3) is 2.63. The van der Waals surface area contributed by atoms with Crippen molar-refractivity contribution in [2.75, 3.05) is 17.6 Å². The summed E-state index contributed by atoms with van der Waals surface area (Å²) in [4.78, 5) is -0.221. The third-order valence-corrected chi connectivity index (χ3v) is 6.46. The van der Waals surface area contributed by atoms with Gasteiger partial charge < -0.3 is 5.32 Å². The molecule has 1 fully saturated rings. The summed E-state index contributed by atoms with van der Waals surface area (Å²) in [7, 11) is -3.72. The second-order valence-corrected chi connectivity index (χ2v) is 7.99. The van der Waals surface area contributed by atoms with Crippen LogP contribution >= 0.6 is 0 Å². The number of nitrogens with one attached hydrogen (secondary N) is 1. The molecule has 1 heterocycles. The average Bonchev–Trinajstić information content (AvgIpc) is 2.78. The van der Waals surface area contributed by atoms with Gasteiger partial charge in [-0.15, -0.1) is 0 Å². The van der Waals surface area contributed by atoms with E-state index < -0.39 is 21.6 Å². The zero-order valence-corrected chi connectivity index (χ0v) is 12.1. The van der Waals surface area contributed by atoms with E-state index in [0.29, 0.717) is 6.54 Å². The van der Waals surface area contributed by atoms with Gasteiger partial charge in [-0.25, -0.2) is 8.42 Å². The van der Waals surface area contributed by atoms with Gasteiger partial charge in [0.05, 0.1) is 21.9 Å². The molecule has 1 aromatic rings. The molecule has 1 aliphatic carbocycles. The van der Waals surface area contributed by atoms with Gasteiger partial charge in [-0.05, 0) is 31.0 Å². The van der Waals surface area contributed by atoms with Crippen LogP contribution in [0.2, 0.25) is 0 Å². The minimum Gasteiger partial charge on any atom is -0.383 e. The lowest BCUT2D eigenvalue weighted by Gasteiger charge is -2.26. The van der Waals surface area contributed by atoms with Crippen molar-refractivity contribution in [3.05, 3.63) is 23.8 Å². The monoisotopic (exact) mass is 319 g/mol. The maximum absolute atomic E-state index is 12.8. The standard InChI is InChI=1S/C14H16F3NO2S/c15-14(16,17)10-3-4-11-12(7-10)21(19,20)9-13(8-18-11)5-1-2-6-13/h3-4,7,18H,1-2,5-6,8-9H2. The Bertz CT molecular complexity index is 661. The van der Waals surface area contributed by atoms with Crippen LogP contribution in [-0.4, -0.2) is 20.7 Å². The maximum atomic E-state index is 12.8. The lowest BCUT2D eigenvalue weighted by molar-refractivity contribution is -0.137. The number of hydrogen-bond acceptors (Lipinski definition) is 3. The van der Waals surface area contributed by atoms with Gasteiger partial charge in [-0.3, -0.25) is 0 Å². The quantitative estimate of drug-likeness (QED) is 0.796. The second kappa shape index (κ2) is 4.63. The average molecular weight is 319 g/mol. The Morgan fingerprint density at radius 1 is 1.14 bits per heavy atom. The zero-order valence-electron chi connectivity index (χ0n) is 11.3. The predicted molar refractivity (Wildman–Crippen MR) is 72.9 cm³/mol. The second-order valence-electron chi connectivity index (χ2n) is 6.03. The molecule has 0 saturated heterocycles. The normalized spacial score (nSPS) is 23.4. The number of halogens is 3. The third-order valence-electron chi connectivity index (χ3n) is 4.46. The Morgan fingerprint density at radius 3 is 2.43 bits per heavy atom. The van der Waals surface area contributed by atoms with Gasteiger partial charge in [0.15, 0.2) is 9.84 Å². The number of fused-ring (bicyclic) bond motifs is 1. The number of anilines is 1. The Morgan fingerprint density at radius 2 is 1.81 bits per heavy atom. The number of alkyl halides is 3. The molecule has 1 aliphatic heterocycles. The van der Waals surface area contributed by atoms with Gasteiger partial charge in [0.1, 0.15) is 0 Å². The summed E-state index contributed by atoms with van der Waals surface area (Å²) in [6, 6.07) is 2.91. The highest BCUT2D eigenvalue weighted by Crippen LogP contribution is 2.44. The molecule has 1 spiro atoms. The molecule has 3 nitrogen and oxygen atoms in total. The van der Waals surface area contributed by atoms with Gasteiger partial charge in [0, 0.05) is 12.0 Å². The molecule has 21 heavy (non-hydrogen) atoms. The van der Waals surface area contributed by atoms with Crippen molar-refractivity contribution in [1.82, 2.24) is 0 Å². The first-order valence-corrected chi connectivity index (χ1v) is 8.55. The molecule has 2 aliphatic rings. The summed E-state index contributed by atoms with van der Waals surface area (Å²) in [5.74, 6) is -0.0681. The molecule has 1 N–H and O–H groups in total. The Balaban J connectivity index is 2.07. The summed E-state index contributed by atoms with van der Waals surface area (Å²) in [5, 5.41) is 3.05. The number of sulfone groups is 1. The summed E-state index contributed by atoms with van der Waals surface area (Å²) < 4.78 is 63.4. The first-order chi connectivity index (χ1) is 9.72. The van der Waals surface area contributed by atoms with Crippen molar-refractivity contribution >= 4 is 15.5 Å². The Hall–Kier alpha value is -1.24. The Labute approximate surface area is 121 Å². The van der Waals surface area contributed by atoms with E-state index in [0.717, 1.165) is 37.8 Å². The molecule has 0 radical (unpaired) electrons. The molecular weight excluding hydrogens is 303 g/mol. The zero-order chi connectivity index (χ0) is 15.3. The van der Waals surface area contributed by atoms with E-state index in [2.05, 4.69) is 5.32 Å². The van der Waals surface area contributed by atoms with Crippen molar-refractivity contribution in [1.29, 1.82) is 0 Å². The lowest BCUT2D eigenvalue weighted by atomic mass is 9.88. The van der Waals surface area contributed by atoms with Crippen LogP contribution in [0.3, 0.4) is 0 Å². The van der Waals surface area contributed by atoms with Crippen LogP contribution in [-0.2, 0) is 16.0 Å². The van der Waals surface area contributed by atoms with Crippen LogP contribution in [0.25, 0.3) is 0 Å². The molecule has 7 heteroatoms. The smallest absolute Gasteiger partial charge is 0.383 e. The van der Waals surface area contributed by atoms with Crippen molar-refractivity contribution in [2.45, 2.75) is 36.8 Å². The van der Waals surface area contributed by atoms with Crippen LogP contribution in [0, 0.1) is 5.41 Å². The Kier molecular flexibility index (Phi) is 3.24. The molecule has 0 atom stereocenters. The highest BCUT2D eigenvalue weighted by Gasteiger charge is 2.42. The molecule has 1 aromatic carbocycles. The van der Waals surface area contributed by atoms with Gasteiger partial charge in [0.2, 0.25) is 0 Å². The fraction of sp³-hybridized carbons (Fsp3) is 0.571. The van der Waals surface area contributed by atoms with Crippen LogP contribution < -0.4 is 5.32 Å². The van der Waals surface area contributed by atoms with Gasteiger partial charge in [-0.1, -0.05) is 12.8 Å². The van der Waals surface area contributed by atoms with Crippen molar-refractivity contribution in [2.24, 2.45) is 5.41 Å². The summed E-state index contributed by atoms with van der Waals surface area (Å²) in [6.07, 6.45) is -0.983. The number of benzene rings is 1. The lowest BCUT2D eigenvalue weighted by Crippen LogP contribution is -2.31. The van der Waals surface area contributed by atoms with E-state index in [1.54, 1.807) is 0 Å². The minimum atomic E-state index is -4.54. The number of rotatable bonds is 0. The van der Waals surface area contributed by atoms with Crippen molar-refractivity contribution < 1.29 is 21.6 Å². The first kappa shape index (κ1) is 14.7. The molecule has 116 valence electrons. The SMILES string of the molecule is O=S1(=O)CC2(CCCC2)CNc2ccc(C(F)(F)F)cc21. The summed E-state index contributed by atoms with van der Waals surface area (Å²) in [6.45, 7) is 0.505. The highest BCUT2D eigenvalue weighted by atomic mass is 32.2. The molecular formula is C14H16F3NO2S. The predicted octanol–water partition coefficient (Wildman–Crippen LogP) is 3.47. The van der Waals surface area contributed by atoms with E-state index in [-0.39, 0.29) is 21.8 Å². The van der Waals surface area contributed by atoms with E-state index in [9.17, 15) is 21.6 Å². The topological polar surface area (TPSA) is 46.2 Å². The van der Waals surface area contributed by atoms with Gasteiger partial charge >= 0.3 is 6.18 Å². The summed E-state index contributed by atoms with van der Waals surface area (Å²) in [5.41, 5.74) is -0.975.